The Hall–Kier alpha value is -1.02. The van der Waals surface area contributed by atoms with Gasteiger partial charge in [-0.2, -0.15) is 0 Å². The van der Waals surface area contributed by atoms with E-state index in [1.807, 2.05) is 30.3 Å². The first-order valence-electron chi connectivity index (χ1n) is 6.03. The van der Waals surface area contributed by atoms with E-state index < -0.39 is 0 Å². The molecule has 2 nitrogen and oxygen atoms in total. The maximum atomic E-state index is 5.69. The highest BCUT2D eigenvalue weighted by Gasteiger charge is 2.09. The van der Waals surface area contributed by atoms with E-state index in [4.69, 9.17) is 9.47 Å². The molecule has 0 saturated heterocycles. The van der Waals surface area contributed by atoms with E-state index in [-0.39, 0.29) is 0 Å². The van der Waals surface area contributed by atoms with Crippen LogP contribution in [0.25, 0.3) is 0 Å². The van der Waals surface area contributed by atoms with Crippen molar-refractivity contribution in [3.8, 4) is 5.75 Å². The molecule has 0 aliphatic heterocycles. The molecule has 0 fully saturated rings. The van der Waals surface area contributed by atoms with Crippen LogP contribution in [0, 0.1) is 5.92 Å². The average molecular weight is 222 g/mol. The normalized spacial score (nSPS) is 14.4. The zero-order valence-corrected chi connectivity index (χ0v) is 10.5. The Morgan fingerprint density at radius 1 is 1.06 bits per heavy atom. The standard InChI is InChI=1S/C14H22O2/c1-4-12(2)13(3)15-10-11-16-14-8-6-5-7-9-14/h5-9,12-13H,4,10-11H2,1-3H3. The summed E-state index contributed by atoms with van der Waals surface area (Å²) in [5.41, 5.74) is 0. The molecule has 0 heterocycles. The zero-order valence-electron chi connectivity index (χ0n) is 10.5. The van der Waals surface area contributed by atoms with E-state index >= 15 is 0 Å². The lowest BCUT2D eigenvalue weighted by Gasteiger charge is -2.19. The van der Waals surface area contributed by atoms with Crippen molar-refractivity contribution in [2.75, 3.05) is 13.2 Å². The number of hydrogen-bond acceptors (Lipinski definition) is 2. The van der Waals surface area contributed by atoms with Crippen LogP contribution in [0.4, 0.5) is 0 Å². The maximum Gasteiger partial charge on any atom is 0.119 e. The summed E-state index contributed by atoms with van der Waals surface area (Å²) in [6.07, 6.45) is 1.46. The summed E-state index contributed by atoms with van der Waals surface area (Å²) in [6, 6.07) is 9.83. The predicted octanol–water partition coefficient (Wildman–Crippen LogP) is 3.52. The Morgan fingerprint density at radius 3 is 2.38 bits per heavy atom. The predicted molar refractivity (Wildman–Crippen MR) is 66.8 cm³/mol. The molecule has 2 unspecified atom stereocenters. The smallest absolute Gasteiger partial charge is 0.119 e. The van der Waals surface area contributed by atoms with Crippen LogP contribution in [0.1, 0.15) is 27.2 Å². The van der Waals surface area contributed by atoms with E-state index in [0.29, 0.717) is 25.2 Å². The van der Waals surface area contributed by atoms with Gasteiger partial charge in [0.05, 0.1) is 12.7 Å². The van der Waals surface area contributed by atoms with E-state index in [1.165, 1.54) is 0 Å². The summed E-state index contributed by atoms with van der Waals surface area (Å²) in [7, 11) is 0. The van der Waals surface area contributed by atoms with Gasteiger partial charge in [-0.25, -0.2) is 0 Å². The van der Waals surface area contributed by atoms with Crippen LogP contribution in [-0.2, 0) is 4.74 Å². The fourth-order valence-corrected chi connectivity index (χ4v) is 1.41. The lowest BCUT2D eigenvalue weighted by atomic mass is 10.0. The topological polar surface area (TPSA) is 18.5 Å². The van der Waals surface area contributed by atoms with Gasteiger partial charge in [0.1, 0.15) is 12.4 Å². The van der Waals surface area contributed by atoms with E-state index in [0.717, 1.165) is 12.2 Å². The number of benzene rings is 1. The minimum absolute atomic E-state index is 0.310. The fourth-order valence-electron chi connectivity index (χ4n) is 1.41. The van der Waals surface area contributed by atoms with Gasteiger partial charge in [0.15, 0.2) is 0 Å². The van der Waals surface area contributed by atoms with Crippen LogP contribution < -0.4 is 4.74 Å². The van der Waals surface area contributed by atoms with Crippen molar-refractivity contribution in [3.63, 3.8) is 0 Å². The van der Waals surface area contributed by atoms with Gasteiger partial charge in [-0.05, 0) is 25.0 Å². The molecule has 0 saturated carbocycles. The lowest BCUT2D eigenvalue weighted by molar-refractivity contribution is 0.0134. The van der Waals surface area contributed by atoms with Crippen molar-refractivity contribution in [2.45, 2.75) is 33.3 Å². The van der Waals surface area contributed by atoms with Crippen molar-refractivity contribution in [1.29, 1.82) is 0 Å². The largest absolute Gasteiger partial charge is 0.491 e. The van der Waals surface area contributed by atoms with Crippen LogP contribution in [0.5, 0.6) is 5.75 Å². The van der Waals surface area contributed by atoms with Crippen LogP contribution in [0.3, 0.4) is 0 Å². The minimum Gasteiger partial charge on any atom is -0.491 e. The average Bonchev–Trinajstić information content (AvgIpc) is 2.34. The van der Waals surface area contributed by atoms with Crippen molar-refractivity contribution in [3.05, 3.63) is 30.3 Å². The van der Waals surface area contributed by atoms with Gasteiger partial charge in [0.25, 0.3) is 0 Å². The number of rotatable bonds is 7. The second-order valence-corrected chi connectivity index (χ2v) is 4.12. The van der Waals surface area contributed by atoms with Crippen molar-refractivity contribution in [2.24, 2.45) is 5.92 Å². The quantitative estimate of drug-likeness (QED) is 0.657. The molecule has 0 bridgehead atoms. The van der Waals surface area contributed by atoms with Crippen LogP contribution >= 0.6 is 0 Å². The van der Waals surface area contributed by atoms with E-state index in [1.54, 1.807) is 0 Å². The first-order chi connectivity index (χ1) is 7.74. The summed E-state index contributed by atoms with van der Waals surface area (Å²) in [5, 5.41) is 0. The first kappa shape index (κ1) is 13.0. The van der Waals surface area contributed by atoms with Gasteiger partial charge >= 0.3 is 0 Å². The summed E-state index contributed by atoms with van der Waals surface area (Å²) >= 11 is 0. The van der Waals surface area contributed by atoms with E-state index in [9.17, 15) is 0 Å². The van der Waals surface area contributed by atoms with Gasteiger partial charge in [0, 0.05) is 0 Å². The number of ether oxygens (including phenoxy) is 2. The summed E-state index contributed by atoms with van der Waals surface area (Å²) in [5.74, 6) is 1.51. The van der Waals surface area contributed by atoms with E-state index in [2.05, 4.69) is 20.8 Å². The molecule has 90 valence electrons. The molecular weight excluding hydrogens is 200 g/mol. The Bertz CT molecular complexity index is 271. The molecule has 1 rings (SSSR count). The Labute approximate surface area is 98.6 Å². The molecule has 0 N–H and O–H groups in total. The fraction of sp³-hybridized carbons (Fsp3) is 0.571. The van der Waals surface area contributed by atoms with Gasteiger partial charge < -0.3 is 9.47 Å². The second-order valence-electron chi connectivity index (χ2n) is 4.12. The Balaban J connectivity index is 2.13. The molecule has 0 spiro atoms. The zero-order chi connectivity index (χ0) is 11.8. The molecule has 16 heavy (non-hydrogen) atoms. The monoisotopic (exact) mass is 222 g/mol. The molecule has 2 atom stereocenters. The molecule has 1 aromatic rings. The SMILES string of the molecule is CCC(C)C(C)OCCOc1ccccc1. The molecule has 1 aromatic carbocycles. The minimum atomic E-state index is 0.310. The summed E-state index contributed by atoms with van der Waals surface area (Å²) < 4.78 is 11.2. The van der Waals surface area contributed by atoms with Crippen LogP contribution in [0.2, 0.25) is 0 Å². The van der Waals surface area contributed by atoms with Gasteiger partial charge in [0.2, 0.25) is 0 Å². The molecule has 2 heteroatoms. The third kappa shape index (κ3) is 4.67. The van der Waals surface area contributed by atoms with Crippen molar-refractivity contribution >= 4 is 0 Å². The maximum absolute atomic E-state index is 5.69. The van der Waals surface area contributed by atoms with Gasteiger partial charge in [-0.3, -0.25) is 0 Å². The number of hydrogen-bond donors (Lipinski definition) is 0. The number of para-hydroxylation sites is 1. The second kappa shape index (κ2) is 7.29. The van der Waals surface area contributed by atoms with Crippen LogP contribution in [-0.4, -0.2) is 19.3 Å². The third-order valence-corrected chi connectivity index (χ3v) is 2.92. The highest BCUT2D eigenvalue weighted by molar-refractivity contribution is 5.20. The highest BCUT2D eigenvalue weighted by Crippen LogP contribution is 2.11. The molecule has 0 aromatic heterocycles. The Kier molecular flexibility index (Phi) is 5.94. The molecule has 0 radical (unpaired) electrons. The van der Waals surface area contributed by atoms with Gasteiger partial charge in [-0.15, -0.1) is 0 Å². The van der Waals surface area contributed by atoms with Crippen LogP contribution in [0.15, 0.2) is 30.3 Å². The summed E-state index contributed by atoms with van der Waals surface area (Å²) in [4.78, 5) is 0. The third-order valence-electron chi connectivity index (χ3n) is 2.92. The molecule has 0 aliphatic carbocycles. The summed E-state index contributed by atoms with van der Waals surface area (Å²) in [6.45, 7) is 7.79. The van der Waals surface area contributed by atoms with Crippen molar-refractivity contribution < 1.29 is 9.47 Å². The molecule has 0 aliphatic rings. The van der Waals surface area contributed by atoms with Crippen molar-refractivity contribution in [1.82, 2.24) is 0 Å². The van der Waals surface area contributed by atoms with Gasteiger partial charge in [-0.1, -0.05) is 38.5 Å². The molecular formula is C14H22O2. The first-order valence-corrected chi connectivity index (χ1v) is 6.03. The Morgan fingerprint density at radius 2 is 1.75 bits per heavy atom. The lowest BCUT2D eigenvalue weighted by Crippen LogP contribution is -2.20. The highest BCUT2D eigenvalue weighted by atomic mass is 16.5. The molecule has 0 amide bonds.